The summed E-state index contributed by atoms with van der Waals surface area (Å²) in [6.07, 6.45) is 1.28. The van der Waals surface area contributed by atoms with Crippen molar-refractivity contribution < 1.29 is 14.6 Å². The highest BCUT2D eigenvalue weighted by atomic mass is 16.5. The van der Waals surface area contributed by atoms with E-state index in [0.717, 1.165) is 44.8 Å². The van der Waals surface area contributed by atoms with Gasteiger partial charge in [-0.05, 0) is 18.4 Å². The van der Waals surface area contributed by atoms with E-state index in [4.69, 9.17) is 9.47 Å². The predicted molar refractivity (Wildman–Crippen MR) is 65.8 cm³/mol. The number of aliphatic hydroxyl groups is 1. The Morgan fingerprint density at radius 2 is 2.06 bits per heavy atom. The second-order valence-electron chi connectivity index (χ2n) is 4.55. The third-order valence-corrected chi connectivity index (χ3v) is 3.01. The van der Waals surface area contributed by atoms with E-state index in [1.54, 1.807) is 0 Å². The van der Waals surface area contributed by atoms with Gasteiger partial charge in [-0.3, -0.25) is 0 Å². The van der Waals surface area contributed by atoms with Crippen LogP contribution < -0.4 is 0 Å². The SMILES string of the molecule is OC(CCCOCC1COC1)c1ccccc1. The second kappa shape index (κ2) is 6.74. The highest BCUT2D eigenvalue weighted by Gasteiger charge is 2.17. The smallest absolute Gasteiger partial charge is 0.0790 e. The molecule has 0 amide bonds. The predicted octanol–water partition coefficient (Wildman–Crippen LogP) is 2.16. The Hall–Kier alpha value is -0.900. The summed E-state index contributed by atoms with van der Waals surface area (Å²) in [6.45, 7) is 3.20. The van der Waals surface area contributed by atoms with Gasteiger partial charge in [0.25, 0.3) is 0 Å². The zero-order valence-corrected chi connectivity index (χ0v) is 10.0. The Labute approximate surface area is 102 Å². The van der Waals surface area contributed by atoms with Crippen LogP contribution in [-0.4, -0.2) is 31.5 Å². The standard InChI is InChI=1S/C14H20O3/c15-14(13-5-2-1-3-6-13)7-4-8-16-9-12-10-17-11-12/h1-3,5-6,12,14-15H,4,7-11H2. The van der Waals surface area contributed by atoms with Gasteiger partial charge in [0.1, 0.15) is 0 Å². The van der Waals surface area contributed by atoms with Crippen LogP contribution in [0.2, 0.25) is 0 Å². The zero-order valence-electron chi connectivity index (χ0n) is 10.0. The van der Waals surface area contributed by atoms with Crippen molar-refractivity contribution in [1.29, 1.82) is 0 Å². The summed E-state index contributed by atoms with van der Waals surface area (Å²) in [5.74, 6) is 0.592. The van der Waals surface area contributed by atoms with Gasteiger partial charge in [-0.25, -0.2) is 0 Å². The Morgan fingerprint density at radius 1 is 1.29 bits per heavy atom. The molecular weight excluding hydrogens is 216 g/mol. The van der Waals surface area contributed by atoms with Crippen LogP contribution in [0.25, 0.3) is 0 Å². The Balaban J connectivity index is 1.55. The molecule has 0 saturated carbocycles. The molecular formula is C14H20O3. The van der Waals surface area contributed by atoms with Crippen molar-refractivity contribution in [3.8, 4) is 0 Å². The molecule has 3 nitrogen and oxygen atoms in total. The fourth-order valence-corrected chi connectivity index (χ4v) is 1.85. The molecule has 1 fully saturated rings. The normalized spacial score (nSPS) is 17.7. The largest absolute Gasteiger partial charge is 0.388 e. The molecule has 1 aromatic rings. The molecule has 17 heavy (non-hydrogen) atoms. The second-order valence-corrected chi connectivity index (χ2v) is 4.55. The minimum atomic E-state index is -0.369. The lowest BCUT2D eigenvalue weighted by molar-refractivity contribution is -0.0723. The Kier molecular flexibility index (Phi) is 4.98. The van der Waals surface area contributed by atoms with E-state index in [1.807, 2.05) is 30.3 Å². The summed E-state index contributed by atoms with van der Waals surface area (Å²) in [6, 6.07) is 9.77. The first-order valence-electron chi connectivity index (χ1n) is 6.25. The number of ether oxygens (including phenoxy) is 2. The Bertz CT molecular complexity index is 309. The molecule has 0 radical (unpaired) electrons. The summed E-state index contributed by atoms with van der Waals surface area (Å²) in [5.41, 5.74) is 0.986. The molecule has 1 aliphatic rings. The van der Waals surface area contributed by atoms with Crippen LogP contribution in [0.1, 0.15) is 24.5 Å². The molecule has 0 bridgehead atoms. The molecule has 1 aliphatic heterocycles. The van der Waals surface area contributed by atoms with E-state index in [0.29, 0.717) is 5.92 Å². The topological polar surface area (TPSA) is 38.7 Å². The van der Waals surface area contributed by atoms with Crippen LogP contribution >= 0.6 is 0 Å². The van der Waals surface area contributed by atoms with Gasteiger partial charge in [0, 0.05) is 12.5 Å². The molecule has 0 aliphatic carbocycles. The number of aliphatic hydroxyl groups excluding tert-OH is 1. The van der Waals surface area contributed by atoms with Gasteiger partial charge in [-0.15, -0.1) is 0 Å². The minimum absolute atomic E-state index is 0.369. The number of rotatable bonds is 7. The summed E-state index contributed by atoms with van der Waals surface area (Å²) in [7, 11) is 0. The van der Waals surface area contributed by atoms with Crippen LogP contribution in [0.15, 0.2) is 30.3 Å². The van der Waals surface area contributed by atoms with E-state index < -0.39 is 0 Å². The lowest BCUT2D eigenvalue weighted by Crippen LogP contribution is -2.31. The molecule has 1 unspecified atom stereocenters. The average Bonchev–Trinajstić information content (AvgIpc) is 2.32. The molecule has 1 heterocycles. The molecule has 94 valence electrons. The first-order chi connectivity index (χ1) is 8.36. The molecule has 2 rings (SSSR count). The zero-order chi connectivity index (χ0) is 11.9. The van der Waals surface area contributed by atoms with Gasteiger partial charge in [-0.2, -0.15) is 0 Å². The maximum atomic E-state index is 9.91. The third kappa shape index (κ3) is 4.11. The maximum Gasteiger partial charge on any atom is 0.0790 e. The van der Waals surface area contributed by atoms with E-state index >= 15 is 0 Å². The summed E-state index contributed by atoms with van der Waals surface area (Å²) in [4.78, 5) is 0. The minimum Gasteiger partial charge on any atom is -0.388 e. The van der Waals surface area contributed by atoms with Crippen molar-refractivity contribution >= 4 is 0 Å². The third-order valence-electron chi connectivity index (χ3n) is 3.01. The van der Waals surface area contributed by atoms with Crippen LogP contribution in [-0.2, 0) is 9.47 Å². The molecule has 0 spiro atoms. The number of hydrogen-bond acceptors (Lipinski definition) is 3. The van der Waals surface area contributed by atoms with Gasteiger partial charge in [0.05, 0.1) is 25.9 Å². The van der Waals surface area contributed by atoms with Crippen molar-refractivity contribution in [2.75, 3.05) is 26.4 Å². The molecule has 1 N–H and O–H groups in total. The summed E-state index contributed by atoms with van der Waals surface area (Å²) in [5, 5.41) is 9.91. The molecule has 1 saturated heterocycles. The fourth-order valence-electron chi connectivity index (χ4n) is 1.85. The van der Waals surface area contributed by atoms with E-state index in [2.05, 4.69) is 0 Å². The maximum absolute atomic E-state index is 9.91. The molecule has 1 aromatic carbocycles. The van der Waals surface area contributed by atoms with Crippen LogP contribution in [0.4, 0.5) is 0 Å². The lowest BCUT2D eigenvalue weighted by Gasteiger charge is -2.25. The lowest BCUT2D eigenvalue weighted by atomic mass is 10.1. The van der Waals surface area contributed by atoms with Crippen LogP contribution in [0, 0.1) is 5.92 Å². The van der Waals surface area contributed by atoms with Crippen molar-refractivity contribution in [2.45, 2.75) is 18.9 Å². The van der Waals surface area contributed by atoms with Crippen molar-refractivity contribution in [3.05, 3.63) is 35.9 Å². The summed E-state index contributed by atoms with van der Waals surface area (Å²) < 4.78 is 10.6. The van der Waals surface area contributed by atoms with Gasteiger partial charge in [0.2, 0.25) is 0 Å². The highest BCUT2D eigenvalue weighted by Crippen LogP contribution is 2.17. The molecule has 3 heteroatoms. The van der Waals surface area contributed by atoms with E-state index in [-0.39, 0.29) is 6.10 Å². The van der Waals surface area contributed by atoms with Gasteiger partial charge in [0.15, 0.2) is 0 Å². The van der Waals surface area contributed by atoms with Gasteiger partial charge >= 0.3 is 0 Å². The van der Waals surface area contributed by atoms with E-state index in [1.165, 1.54) is 0 Å². The number of hydrogen-bond donors (Lipinski definition) is 1. The van der Waals surface area contributed by atoms with Crippen LogP contribution in [0.3, 0.4) is 0 Å². The Morgan fingerprint density at radius 3 is 2.71 bits per heavy atom. The first kappa shape index (κ1) is 12.6. The quantitative estimate of drug-likeness (QED) is 0.737. The van der Waals surface area contributed by atoms with E-state index in [9.17, 15) is 5.11 Å². The van der Waals surface area contributed by atoms with Crippen molar-refractivity contribution in [2.24, 2.45) is 5.92 Å². The first-order valence-corrected chi connectivity index (χ1v) is 6.25. The van der Waals surface area contributed by atoms with Crippen molar-refractivity contribution in [3.63, 3.8) is 0 Å². The highest BCUT2D eigenvalue weighted by molar-refractivity contribution is 5.16. The summed E-state index contributed by atoms with van der Waals surface area (Å²) >= 11 is 0. The van der Waals surface area contributed by atoms with Crippen LogP contribution in [0.5, 0.6) is 0 Å². The fraction of sp³-hybridized carbons (Fsp3) is 0.571. The monoisotopic (exact) mass is 236 g/mol. The molecule has 0 aromatic heterocycles. The van der Waals surface area contributed by atoms with Gasteiger partial charge in [-0.1, -0.05) is 30.3 Å². The number of benzene rings is 1. The average molecular weight is 236 g/mol. The molecule has 1 atom stereocenters. The van der Waals surface area contributed by atoms with Crippen molar-refractivity contribution in [1.82, 2.24) is 0 Å². The van der Waals surface area contributed by atoms with Gasteiger partial charge < -0.3 is 14.6 Å².